The molecule has 3 nitrogen and oxygen atoms in total. The van der Waals surface area contributed by atoms with Gasteiger partial charge < -0.3 is 15.2 Å². The molecule has 0 bridgehead atoms. The van der Waals surface area contributed by atoms with Gasteiger partial charge in [0.1, 0.15) is 17.1 Å². The van der Waals surface area contributed by atoms with E-state index in [1.165, 1.54) is 6.42 Å². The minimum Gasteiger partial charge on any atom is -0.497 e. The Balaban J connectivity index is 1.93. The SMILES string of the molecule is COc1ccc2c(c1)[C@@H](N)CC1(CCC(C)(C)C1)O2. The zero-order valence-electron chi connectivity index (χ0n) is 12.0. The molecule has 2 N–H and O–H groups in total. The minimum absolute atomic E-state index is 0.0488. The molecule has 3 heteroatoms. The molecule has 1 aliphatic heterocycles. The summed E-state index contributed by atoms with van der Waals surface area (Å²) in [6.07, 6.45) is 4.33. The van der Waals surface area contributed by atoms with Crippen molar-refractivity contribution < 1.29 is 9.47 Å². The molecule has 0 saturated heterocycles. The zero-order valence-corrected chi connectivity index (χ0v) is 12.0. The molecular weight excluding hydrogens is 238 g/mol. The molecule has 2 atom stereocenters. The van der Waals surface area contributed by atoms with Crippen LogP contribution in [0.3, 0.4) is 0 Å². The van der Waals surface area contributed by atoms with E-state index in [2.05, 4.69) is 13.8 Å². The lowest BCUT2D eigenvalue weighted by molar-refractivity contribution is 0.0330. The van der Waals surface area contributed by atoms with Crippen LogP contribution in [0.1, 0.15) is 51.1 Å². The predicted molar refractivity (Wildman–Crippen MR) is 75.5 cm³/mol. The molecule has 0 aromatic heterocycles. The van der Waals surface area contributed by atoms with Gasteiger partial charge >= 0.3 is 0 Å². The lowest BCUT2D eigenvalue weighted by Gasteiger charge is -2.39. The van der Waals surface area contributed by atoms with Gasteiger partial charge in [0.15, 0.2) is 0 Å². The van der Waals surface area contributed by atoms with Gasteiger partial charge in [-0.05, 0) is 42.9 Å². The summed E-state index contributed by atoms with van der Waals surface area (Å²) >= 11 is 0. The second-order valence-corrected chi connectivity index (χ2v) is 6.84. The molecule has 104 valence electrons. The van der Waals surface area contributed by atoms with Crippen molar-refractivity contribution in [1.29, 1.82) is 0 Å². The van der Waals surface area contributed by atoms with Crippen molar-refractivity contribution in [2.24, 2.45) is 11.1 Å². The summed E-state index contributed by atoms with van der Waals surface area (Å²) in [5, 5.41) is 0. The van der Waals surface area contributed by atoms with Gasteiger partial charge in [0.25, 0.3) is 0 Å². The maximum absolute atomic E-state index is 6.38. The van der Waals surface area contributed by atoms with E-state index in [0.29, 0.717) is 5.41 Å². The van der Waals surface area contributed by atoms with Crippen LogP contribution in [-0.2, 0) is 0 Å². The highest BCUT2D eigenvalue weighted by molar-refractivity contribution is 5.44. The standard InChI is InChI=1S/C16H23NO2/c1-15(2)6-7-16(10-15)9-13(17)12-8-11(18-3)4-5-14(12)19-16/h4-5,8,13H,6-7,9-10,17H2,1-3H3/t13-,16?/m0/s1. The van der Waals surface area contributed by atoms with E-state index < -0.39 is 0 Å². The largest absolute Gasteiger partial charge is 0.497 e. The fourth-order valence-corrected chi connectivity index (χ4v) is 3.70. The topological polar surface area (TPSA) is 44.5 Å². The molecule has 0 radical (unpaired) electrons. The summed E-state index contributed by atoms with van der Waals surface area (Å²) in [7, 11) is 1.68. The first-order chi connectivity index (χ1) is 8.93. The third-order valence-electron chi connectivity index (χ3n) is 4.59. The lowest BCUT2D eigenvalue weighted by Crippen LogP contribution is -2.41. The van der Waals surface area contributed by atoms with Crippen molar-refractivity contribution in [3.8, 4) is 11.5 Å². The van der Waals surface area contributed by atoms with Crippen LogP contribution < -0.4 is 15.2 Å². The van der Waals surface area contributed by atoms with Crippen LogP contribution in [0, 0.1) is 5.41 Å². The predicted octanol–water partition coefficient (Wildman–Crippen LogP) is 3.43. The summed E-state index contributed by atoms with van der Waals surface area (Å²) in [4.78, 5) is 0. The van der Waals surface area contributed by atoms with E-state index in [-0.39, 0.29) is 11.6 Å². The molecule has 1 spiro atoms. The zero-order chi connectivity index (χ0) is 13.7. The van der Waals surface area contributed by atoms with Gasteiger partial charge in [-0.1, -0.05) is 13.8 Å². The number of benzene rings is 1. The van der Waals surface area contributed by atoms with Crippen molar-refractivity contribution in [1.82, 2.24) is 0 Å². The average Bonchev–Trinajstić information content (AvgIpc) is 2.64. The number of methoxy groups -OCH3 is 1. The van der Waals surface area contributed by atoms with Gasteiger partial charge in [-0.15, -0.1) is 0 Å². The molecule has 1 heterocycles. The maximum Gasteiger partial charge on any atom is 0.125 e. The van der Waals surface area contributed by atoms with E-state index in [1.807, 2.05) is 18.2 Å². The van der Waals surface area contributed by atoms with Crippen molar-refractivity contribution in [3.05, 3.63) is 23.8 Å². The molecule has 1 aliphatic carbocycles. The van der Waals surface area contributed by atoms with Gasteiger partial charge in [0, 0.05) is 18.0 Å². The van der Waals surface area contributed by atoms with Crippen LogP contribution in [-0.4, -0.2) is 12.7 Å². The first-order valence-corrected chi connectivity index (χ1v) is 7.06. The monoisotopic (exact) mass is 261 g/mol. The van der Waals surface area contributed by atoms with E-state index in [1.54, 1.807) is 7.11 Å². The normalized spacial score (nSPS) is 31.9. The lowest BCUT2D eigenvalue weighted by atomic mass is 9.83. The number of ether oxygens (including phenoxy) is 2. The van der Waals surface area contributed by atoms with Gasteiger partial charge in [-0.3, -0.25) is 0 Å². The molecule has 19 heavy (non-hydrogen) atoms. The van der Waals surface area contributed by atoms with Crippen LogP contribution >= 0.6 is 0 Å². The van der Waals surface area contributed by atoms with Gasteiger partial charge in [0.05, 0.1) is 7.11 Å². The number of nitrogens with two attached hydrogens (primary N) is 1. The Kier molecular flexibility index (Phi) is 2.79. The Hall–Kier alpha value is -1.22. The van der Waals surface area contributed by atoms with Gasteiger partial charge in [-0.25, -0.2) is 0 Å². The quantitative estimate of drug-likeness (QED) is 0.842. The Morgan fingerprint density at radius 2 is 2.11 bits per heavy atom. The van der Waals surface area contributed by atoms with Gasteiger partial charge in [-0.2, -0.15) is 0 Å². The van der Waals surface area contributed by atoms with Crippen molar-refractivity contribution in [2.45, 2.75) is 51.2 Å². The van der Waals surface area contributed by atoms with E-state index in [9.17, 15) is 0 Å². The highest BCUT2D eigenvalue weighted by atomic mass is 16.5. The van der Waals surface area contributed by atoms with Crippen molar-refractivity contribution in [3.63, 3.8) is 0 Å². The van der Waals surface area contributed by atoms with Crippen LogP contribution in [0.5, 0.6) is 11.5 Å². The van der Waals surface area contributed by atoms with Crippen LogP contribution in [0.4, 0.5) is 0 Å². The Bertz CT molecular complexity index is 498. The summed E-state index contributed by atoms with van der Waals surface area (Å²) < 4.78 is 11.6. The summed E-state index contributed by atoms with van der Waals surface area (Å²) in [6.45, 7) is 4.64. The van der Waals surface area contributed by atoms with E-state index in [0.717, 1.165) is 36.3 Å². The third kappa shape index (κ3) is 2.20. The Labute approximate surface area is 115 Å². The summed E-state index contributed by atoms with van der Waals surface area (Å²) in [5.41, 5.74) is 7.77. The molecular formula is C16H23NO2. The summed E-state index contributed by atoms with van der Waals surface area (Å²) in [6, 6.07) is 6.01. The Morgan fingerprint density at radius 1 is 1.32 bits per heavy atom. The number of fused-ring (bicyclic) bond motifs is 1. The second kappa shape index (κ2) is 4.14. The highest BCUT2D eigenvalue weighted by Crippen LogP contribution is 2.52. The van der Waals surface area contributed by atoms with Crippen LogP contribution in [0.15, 0.2) is 18.2 Å². The molecule has 1 aromatic carbocycles. The molecule has 3 rings (SSSR count). The molecule has 2 aliphatic rings. The number of hydrogen-bond donors (Lipinski definition) is 1. The average molecular weight is 261 g/mol. The fourth-order valence-electron chi connectivity index (χ4n) is 3.70. The smallest absolute Gasteiger partial charge is 0.125 e. The fraction of sp³-hybridized carbons (Fsp3) is 0.625. The first kappa shape index (κ1) is 12.8. The molecule has 1 saturated carbocycles. The van der Waals surface area contributed by atoms with E-state index >= 15 is 0 Å². The van der Waals surface area contributed by atoms with Crippen molar-refractivity contribution >= 4 is 0 Å². The molecule has 1 unspecified atom stereocenters. The Morgan fingerprint density at radius 3 is 2.74 bits per heavy atom. The highest BCUT2D eigenvalue weighted by Gasteiger charge is 2.48. The van der Waals surface area contributed by atoms with Crippen molar-refractivity contribution in [2.75, 3.05) is 7.11 Å². The molecule has 1 fully saturated rings. The maximum atomic E-state index is 6.38. The van der Waals surface area contributed by atoms with E-state index in [4.69, 9.17) is 15.2 Å². The minimum atomic E-state index is -0.0511. The first-order valence-electron chi connectivity index (χ1n) is 7.06. The molecule has 1 aromatic rings. The van der Waals surface area contributed by atoms with Crippen LogP contribution in [0.2, 0.25) is 0 Å². The third-order valence-corrected chi connectivity index (χ3v) is 4.59. The number of hydrogen-bond acceptors (Lipinski definition) is 3. The summed E-state index contributed by atoms with van der Waals surface area (Å²) in [5.74, 6) is 1.79. The number of rotatable bonds is 1. The second-order valence-electron chi connectivity index (χ2n) is 6.84. The van der Waals surface area contributed by atoms with Gasteiger partial charge in [0.2, 0.25) is 0 Å². The molecule has 0 amide bonds. The van der Waals surface area contributed by atoms with Crippen LogP contribution in [0.25, 0.3) is 0 Å².